The molecule has 0 atom stereocenters. The van der Waals surface area contributed by atoms with Gasteiger partial charge in [-0.2, -0.15) is 0 Å². The van der Waals surface area contributed by atoms with E-state index in [1.807, 2.05) is 0 Å². The molecule has 0 spiro atoms. The van der Waals surface area contributed by atoms with Crippen LogP contribution in [0.2, 0.25) is 0 Å². The van der Waals surface area contributed by atoms with E-state index < -0.39 is 0 Å². The summed E-state index contributed by atoms with van der Waals surface area (Å²) in [4.78, 5) is 0. The van der Waals surface area contributed by atoms with Gasteiger partial charge in [0.25, 0.3) is 0 Å². The summed E-state index contributed by atoms with van der Waals surface area (Å²) in [6.07, 6.45) is 1.18. The van der Waals surface area contributed by atoms with Gasteiger partial charge in [0, 0.05) is 11.9 Å². The molecule has 2 rings (SSSR count). The Morgan fingerprint density at radius 2 is 2.23 bits per heavy atom. The maximum atomic E-state index is 3.51. The van der Waals surface area contributed by atoms with Crippen LogP contribution in [-0.2, 0) is 18.3 Å². The Bertz CT molecular complexity index is 274. The molecule has 1 aromatic carbocycles. The lowest BCUT2D eigenvalue weighted by atomic mass is 9.97. The number of alkyl halides is 1. The summed E-state index contributed by atoms with van der Waals surface area (Å²) in [5, 5.41) is 4.36. The highest BCUT2D eigenvalue weighted by molar-refractivity contribution is 9.08. The minimum absolute atomic E-state index is 0. The molecule has 1 aliphatic rings. The lowest BCUT2D eigenvalue weighted by molar-refractivity contribution is 0.640. The lowest BCUT2D eigenvalue weighted by Gasteiger charge is -2.19. The number of fused-ring (bicyclic) bond motifs is 1. The van der Waals surface area contributed by atoms with Crippen LogP contribution in [0.4, 0.5) is 0 Å². The number of halogens is 2. The average Bonchev–Trinajstić information content (AvgIpc) is 2.17. The Labute approximate surface area is 93.5 Å². The molecule has 0 fully saturated rings. The van der Waals surface area contributed by atoms with E-state index in [1.165, 1.54) is 23.1 Å². The molecule has 1 aromatic rings. The molecule has 0 unspecified atom stereocenters. The van der Waals surface area contributed by atoms with Gasteiger partial charge in [-0.15, -0.1) is 12.4 Å². The van der Waals surface area contributed by atoms with E-state index in [1.54, 1.807) is 0 Å². The van der Waals surface area contributed by atoms with E-state index in [4.69, 9.17) is 0 Å². The van der Waals surface area contributed by atoms with Gasteiger partial charge in [-0.25, -0.2) is 0 Å². The average molecular weight is 263 g/mol. The summed E-state index contributed by atoms with van der Waals surface area (Å²) in [6, 6.07) is 6.59. The first-order chi connectivity index (χ1) is 5.92. The number of nitrogens with one attached hydrogen (secondary N) is 1. The van der Waals surface area contributed by atoms with Crippen molar-refractivity contribution in [2.75, 3.05) is 6.54 Å². The van der Waals surface area contributed by atoms with Crippen molar-refractivity contribution in [2.24, 2.45) is 0 Å². The van der Waals surface area contributed by atoms with Gasteiger partial charge in [0.05, 0.1) is 0 Å². The second-order valence-corrected chi connectivity index (χ2v) is 3.68. The first-order valence-corrected chi connectivity index (χ1v) is 5.40. The second kappa shape index (κ2) is 4.99. The van der Waals surface area contributed by atoms with Crippen molar-refractivity contribution >= 4 is 28.3 Å². The molecule has 0 radical (unpaired) electrons. The molecule has 72 valence electrons. The van der Waals surface area contributed by atoms with E-state index in [0.717, 1.165) is 18.4 Å². The van der Waals surface area contributed by atoms with Crippen LogP contribution in [-0.4, -0.2) is 6.54 Å². The highest BCUT2D eigenvalue weighted by Gasteiger charge is 2.10. The normalized spacial score (nSPS) is 14.5. The first kappa shape index (κ1) is 11.0. The third kappa shape index (κ3) is 2.25. The van der Waals surface area contributed by atoms with E-state index in [9.17, 15) is 0 Å². The first-order valence-electron chi connectivity index (χ1n) is 4.28. The van der Waals surface area contributed by atoms with Crippen molar-refractivity contribution < 1.29 is 0 Å². The monoisotopic (exact) mass is 261 g/mol. The van der Waals surface area contributed by atoms with Gasteiger partial charge < -0.3 is 5.32 Å². The fraction of sp³-hybridized carbons (Fsp3) is 0.400. The van der Waals surface area contributed by atoms with Crippen LogP contribution in [0.1, 0.15) is 16.7 Å². The summed E-state index contributed by atoms with van der Waals surface area (Å²) in [7, 11) is 0. The second-order valence-electron chi connectivity index (χ2n) is 3.12. The van der Waals surface area contributed by atoms with Crippen LogP contribution in [0.25, 0.3) is 0 Å². The van der Waals surface area contributed by atoms with Gasteiger partial charge in [-0.05, 0) is 29.7 Å². The van der Waals surface area contributed by atoms with Crippen molar-refractivity contribution in [1.29, 1.82) is 0 Å². The molecule has 1 N–H and O–H groups in total. The number of hydrogen-bond donors (Lipinski definition) is 1. The molecule has 0 saturated carbocycles. The maximum absolute atomic E-state index is 3.51. The van der Waals surface area contributed by atoms with E-state index >= 15 is 0 Å². The third-order valence-corrected chi connectivity index (χ3v) is 2.99. The number of rotatable bonds is 1. The third-order valence-electron chi connectivity index (χ3n) is 2.39. The van der Waals surface area contributed by atoms with Crippen LogP contribution in [0, 0.1) is 0 Å². The fourth-order valence-corrected chi connectivity index (χ4v) is 2.24. The zero-order valence-electron chi connectivity index (χ0n) is 7.35. The highest BCUT2D eigenvalue weighted by atomic mass is 79.9. The van der Waals surface area contributed by atoms with E-state index in [2.05, 4.69) is 39.4 Å². The van der Waals surface area contributed by atoms with Gasteiger partial charge in [-0.1, -0.05) is 34.1 Å². The smallest absolute Gasteiger partial charge is 0.0286 e. The van der Waals surface area contributed by atoms with Crippen LogP contribution >= 0.6 is 28.3 Å². The molecule has 1 aliphatic heterocycles. The minimum atomic E-state index is 0. The Morgan fingerprint density at radius 3 is 3.00 bits per heavy atom. The lowest BCUT2D eigenvalue weighted by Crippen LogP contribution is -2.24. The van der Waals surface area contributed by atoms with Crippen molar-refractivity contribution in [1.82, 2.24) is 5.32 Å². The van der Waals surface area contributed by atoms with Gasteiger partial charge in [0.1, 0.15) is 0 Å². The summed E-state index contributed by atoms with van der Waals surface area (Å²) in [5.41, 5.74) is 4.45. The maximum Gasteiger partial charge on any atom is 0.0286 e. The quantitative estimate of drug-likeness (QED) is 0.767. The number of benzene rings is 1. The Hall–Kier alpha value is -0.0500. The predicted octanol–water partition coefficient (Wildman–Crippen LogP) is 2.65. The molecular weight excluding hydrogens is 249 g/mol. The van der Waals surface area contributed by atoms with Crippen LogP contribution in [0.3, 0.4) is 0 Å². The molecular formula is C10H13BrClN. The SMILES string of the molecule is BrCc1cccc2c1CNCC2.Cl. The molecule has 13 heavy (non-hydrogen) atoms. The van der Waals surface area contributed by atoms with E-state index in [-0.39, 0.29) is 12.4 Å². The van der Waals surface area contributed by atoms with Crippen molar-refractivity contribution in [3.8, 4) is 0 Å². The summed E-state index contributed by atoms with van der Waals surface area (Å²) >= 11 is 3.51. The molecule has 1 nitrogen and oxygen atoms in total. The highest BCUT2D eigenvalue weighted by Crippen LogP contribution is 2.20. The van der Waals surface area contributed by atoms with Crippen LogP contribution in [0.15, 0.2) is 18.2 Å². The molecule has 0 amide bonds. The standard InChI is InChI=1S/C10H12BrN.ClH/c11-6-9-3-1-2-8-4-5-12-7-10(8)9;/h1-3,12H,4-7H2;1H. The number of hydrogen-bond acceptors (Lipinski definition) is 1. The molecule has 0 aliphatic carbocycles. The Balaban J connectivity index is 0.000000845. The largest absolute Gasteiger partial charge is 0.312 e. The molecule has 0 bridgehead atoms. The molecule has 0 saturated heterocycles. The van der Waals surface area contributed by atoms with Crippen LogP contribution < -0.4 is 5.32 Å². The van der Waals surface area contributed by atoms with Crippen molar-refractivity contribution in [3.05, 3.63) is 34.9 Å². The van der Waals surface area contributed by atoms with Crippen molar-refractivity contribution in [3.63, 3.8) is 0 Å². The van der Waals surface area contributed by atoms with Gasteiger partial charge >= 0.3 is 0 Å². The molecule has 1 heterocycles. The summed E-state index contributed by atoms with van der Waals surface area (Å²) < 4.78 is 0. The molecule has 0 aromatic heterocycles. The zero-order chi connectivity index (χ0) is 8.39. The molecule has 3 heteroatoms. The summed E-state index contributed by atoms with van der Waals surface area (Å²) in [6.45, 7) is 2.16. The predicted molar refractivity (Wildman–Crippen MR) is 61.7 cm³/mol. The summed E-state index contributed by atoms with van der Waals surface area (Å²) in [5.74, 6) is 0. The zero-order valence-corrected chi connectivity index (χ0v) is 9.75. The van der Waals surface area contributed by atoms with Gasteiger partial charge in [0.15, 0.2) is 0 Å². The van der Waals surface area contributed by atoms with Crippen molar-refractivity contribution in [2.45, 2.75) is 18.3 Å². The topological polar surface area (TPSA) is 12.0 Å². The fourth-order valence-electron chi connectivity index (χ4n) is 1.71. The van der Waals surface area contributed by atoms with Gasteiger partial charge in [-0.3, -0.25) is 0 Å². The Morgan fingerprint density at radius 1 is 1.38 bits per heavy atom. The van der Waals surface area contributed by atoms with E-state index in [0.29, 0.717) is 0 Å². The van der Waals surface area contributed by atoms with Crippen LogP contribution in [0.5, 0.6) is 0 Å². The minimum Gasteiger partial charge on any atom is -0.312 e. The van der Waals surface area contributed by atoms with Gasteiger partial charge in [0.2, 0.25) is 0 Å². The Kier molecular flexibility index (Phi) is 4.23.